The molecule has 1 heterocycles. The average molecular weight is 421 g/mol. The molecule has 0 unspecified atom stereocenters. The fraction of sp³-hybridized carbons (Fsp3) is 0.105. The second-order valence-electron chi connectivity index (χ2n) is 5.90. The Bertz CT molecular complexity index is 1080. The number of nitrogens with one attached hydrogen (secondary N) is 1. The minimum absolute atomic E-state index is 0.00700. The summed E-state index contributed by atoms with van der Waals surface area (Å²) in [6.07, 6.45) is 2.38. The van der Waals surface area contributed by atoms with Crippen LogP contribution in [0.15, 0.2) is 47.1 Å². The van der Waals surface area contributed by atoms with E-state index in [4.69, 9.17) is 27.6 Å². The van der Waals surface area contributed by atoms with E-state index in [2.05, 4.69) is 5.32 Å². The molecule has 2 N–H and O–H groups in total. The van der Waals surface area contributed by atoms with Gasteiger partial charge in [-0.15, -0.1) is 0 Å². The number of phenols is 1. The first kappa shape index (κ1) is 19.7. The van der Waals surface area contributed by atoms with Crippen LogP contribution in [0, 0.1) is 10.1 Å². The molecule has 0 aliphatic heterocycles. The summed E-state index contributed by atoms with van der Waals surface area (Å²) < 4.78 is 5.45. The number of nitro groups is 1. The predicted octanol–water partition coefficient (Wildman–Crippen LogP) is 5.68. The lowest BCUT2D eigenvalue weighted by Gasteiger charge is -2.10. The van der Waals surface area contributed by atoms with E-state index in [-0.39, 0.29) is 32.7 Å². The number of non-ortho nitro benzene ring substituents is 1. The number of aromatic hydroxyl groups is 1. The van der Waals surface area contributed by atoms with Gasteiger partial charge in [-0.25, -0.2) is 0 Å². The molecule has 0 atom stereocenters. The molecule has 0 aliphatic carbocycles. The third kappa shape index (κ3) is 3.95. The van der Waals surface area contributed by atoms with E-state index in [0.717, 1.165) is 18.1 Å². The molecular formula is C19H14Cl2N2O5. The highest BCUT2D eigenvalue weighted by Gasteiger charge is 2.19. The zero-order valence-electron chi connectivity index (χ0n) is 14.5. The smallest absolute Gasteiger partial charge is 0.271 e. The van der Waals surface area contributed by atoms with Gasteiger partial charge in [-0.1, -0.05) is 30.1 Å². The molecule has 0 saturated carbocycles. The summed E-state index contributed by atoms with van der Waals surface area (Å²) in [7, 11) is 0. The van der Waals surface area contributed by atoms with Gasteiger partial charge in [-0.05, 0) is 36.2 Å². The molecule has 0 bridgehead atoms. The third-order valence-corrected chi connectivity index (χ3v) is 4.69. The molecule has 0 saturated heterocycles. The van der Waals surface area contributed by atoms with Gasteiger partial charge in [0, 0.05) is 17.7 Å². The number of nitro benzene ring substituents is 1. The Morgan fingerprint density at radius 2 is 1.96 bits per heavy atom. The van der Waals surface area contributed by atoms with E-state index in [0.29, 0.717) is 11.3 Å². The van der Waals surface area contributed by atoms with Crippen molar-refractivity contribution in [3.8, 4) is 17.1 Å². The largest absolute Gasteiger partial charge is 0.507 e. The van der Waals surface area contributed by atoms with Crippen LogP contribution in [0.5, 0.6) is 5.75 Å². The SMILES string of the molecule is CCc1coc(-c2cc(O)c(C(=O)Nc3ccc([N+](=O)[O-])cc3Cl)cc2Cl)c1. The fourth-order valence-electron chi connectivity index (χ4n) is 2.54. The van der Waals surface area contributed by atoms with Crippen LogP contribution in [0.25, 0.3) is 11.3 Å². The van der Waals surface area contributed by atoms with Gasteiger partial charge in [0.15, 0.2) is 0 Å². The molecule has 7 nitrogen and oxygen atoms in total. The lowest BCUT2D eigenvalue weighted by molar-refractivity contribution is -0.384. The topological polar surface area (TPSA) is 106 Å². The monoisotopic (exact) mass is 420 g/mol. The number of hydrogen-bond donors (Lipinski definition) is 2. The van der Waals surface area contributed by atoms with E-state index < -0.39 is 10.8 Å². The number of hydrogen-bond acceptors (Lipinski definition) is 5. The molecule has 144 valence electrons. The van der Waals surface area contributed by atoms with Crippen molar-refractivity contribution in [3.63, 3.8) is 0 Å². The third-order valence-electron chi connectivity index (χ3n) is 4.07. The molecule has 9 heteroatoms. The second kappa shape index (κ2) is 7.92. The van der Waals surface area contributed by atoms with E-state index in [1.807, 2.05) is 6.92 Å². The molecule has 0 radical (unpaired) electrons. The number of anilines is 1. The zero-order chi connectivity index (χ0) is 20.4. The Kier molecular flexibility index (Phi) is 5.58. The van der Waals surface area contributed by atoms with Crippen molar-refractivity contribution in [2.75, 3.05) is 5.32 Å². The predicted molar refractivity (Wildman–Crippen MR) is 106 cm³/mol. The van der Waals surface area contributed by atoms with Gasteiger partial charge in [-0.2, -0.15) is 0 Å². The molecule has 28 heavy (non-hydrogen) atoms. The number of rotatable bonds is 5. The summed E-state index contributed by atoms with van der Waals surface area (Å²) in [4.78, 5) is 22.7. The molecular weight excluding hydrogens is 407 g/mol. The number of halogens is 2. The number of carbonyl (C=O) groups is 1. The number of benzene rings is 2. The Hall–Kier alpha value is -3.03. The van der Waals surface area contributed by atoms with Crippen LogP contribution in [0.3, 0.4) is 0 Å². The average Bonchev–Trinajstić information content (AvgIpc) is 3.13. The highest BCUT2D eigenvalue weighted by molar-refractivity contribution is 6.35. The Labute approximate surface area is 169 Å². The van der Waals surface area contributed by atoms with Crippen LogP contribution in [0.1, 0.15) is 22.8 Å². The standard InChI is InChI=1S/C19H14Cl2N2O5/c1-2-10-5-18(28-9-10)12-8-17(24)13(7-14(12)20)19(25)22-16-4-3-11(23(26)27)6-15(16)21/h3-9,24H,2H2,1H3,(H,22,25). The number of amides is 1. The van der Waals surface area contributed by atoms with Crippen LogP contribution >= 0.6 is 23.2 Å². The van der Waals surface area contributed by atoms with Crippen molar-refractivity contribution in [2.45, 2.75) is 13.3 Å². The van der Waals surface area contributed by atoms with E-state index >= 15 is 0 Å². The summed E-state index contributed by atoms with van der Waals surface area (Å²) in [5.41, 5.74) is 1.30. The molecule has 3 aromatic rings. The molecule has 0 aliphatic rings. The Morgan fingerprint density at radius 1 is 1.21 bits per heavy atom. The van der Waals surface area contributed by atoms with Crippen LogP contribution < -0.4 is 5.32 Å². The number of carbonyl (C=O) groups excluding carboxylic acids is 1. The summed E-state index contributed by atoms with van der Waals surface area (Å²) in [5.74, 6) is -0.498. The van der Waals surface area contributed by atoms with Crippen LogP contribution in [-0.4, -0.2) is 15.9 Å². The van der Waals surface area contributed by atoms with E-state index in [1.165, 1.54) is 24.3 Å². The first-order chi connectivity index (χ1) is 13.3. The first-order valence-corrected chi connectivity index (χ1v) is 8.91. The quantitative estimate of drug-likeness (QED) is 0.407. The maximum absolute atomic E-state index is 12.5. The summed E-state index contributed by atoms with van der Waals surface area (Å²) >= 11 is 12.2. The van der Waals surface area contributed by atoms with Gasteiger partial charge in [0.05, 0.1) is 32.5 Å². The summed E-state index contributed by atoms with van der Waals surface area (Å²) in [6, 6.07) is 8.09. The van der Waals surface area contributed by atoms with Crippen molar-refractivity contribution >= 4 is 40.5 Å². The molecule has 0 fully saturated rings. The summed E-state index contributed by atoms with van der Waals surface area (Å²) in [5, 5.41) is 23.8. The maximum atomic E-state index is 12.5. The normalized spacial score (nSPS) is 10.7. The van der Waals surface area contributed by atoms with Gasteiger partial charge in [0.25, 0.3) is 11.6 Å². The van der Waals surface area contributed by atoms with E-state index in [1.54, 1.807) is 12.3 Å². The van der Waals surface area contributed by atoms with Crippen molar-refractivity contribution in [1.29, 1.82) is 0 Å². The minimum Gasteiger partial charge on any atom is -0.507 e. The van der Waals surface area contributed by atoms with Crippen LogP contribution in [-0.2, 0) is 6.42 Å². The molecule has 3 rings (SSSR count). The highest BCUT2D eigenvalue weighted by Crippen LogP contribution is 2.35. The van der Waals surface area contributed by atoms with Gasteiger partial charge in [0.1, 0.15) is 11.5 Å². The van der Waals surface area contributed by atoms with Gasteiger partial charge >= 0.3 is 0 Å². The maximum Gasteiger partial charge on any atom is 0.271 e. The van der Waals surface area contributed by atoms with Crippen molar-refractivity contribution < 1.29 is 19.2 Å². The lowest BCUT2D eigenvalue weighted by atomic mass is 10.1. The van der Waals surface area contributed by atoms with Crippen LogP contribution in [0.2, 0.25) is 10.0 Å². The van der Waals surface area contributed by atoms with Crippen molar-refractivity contribution in [3.05, 3.63) is 73.9 Å². The van der Waals surface area contributed by atoms with Gasteiger partial charge < -0.3 is 14.8 Å². The number of furan rings is 1. The fourth-order valence-corrected chi connectivity index (χ4v) is 3.02. The minimum atomic E-state index is -0.671. The zero-order valence-corrected chi connectivity index (χ0v) is 16.0. The van der Waals surface area contributed by atoms with Gasteiger partial charge in [0.2, 0.25) is 0 Å². The Balaban J connectivity index is 1.88. The lowest BCUT2D eigenvalue weighted by Crippen LogP contribution is -2.12. The second-order valence-corrected chi connectivity index (χ2v) is 6.71. The summed E-state index contributed by atoms with van der Waals surface area (Å²) in [6.45, 7) is 1.98. The van der Waals surface area contributed by atoms with Crippen molar-refractivity contribution in [1.82, 2.24) is 0 Å². The number of nitrogens with zero attached hydrogens (tertiary/aromatic N) is 1. The highest BCUT2D eigenvalue weighted by atomic mass is 35.5. The molecule has 2 aromatic carbocycles. The van der Waals surface area contributed by atoms with Crippen molar-refractivity contribution in [2.24, 2.45) is 0 Å². The molecule has 1 amide bonds. The first-order valence-electron chi connectivity index (χ1n) is 8.15. The molecule has 1 aromatic heterocycles. The number of aryl methyl sites for hydroxylation is 1. The Morgan fingerprint density at radius 3 is 2.57 bits per heavy atom. The van der Waals surface area contributed by atoms with E-state index in [9.17, 15) is 20.0 Å². The number of phenolic OH excluding ortho intramolecular Hbond substituents is 1. The molecule has 0 spiro atoms. The van der Waals surface area contributed by atoms with Crippen LogP contribution in [0.4, 0.5) is 11.4 Å². The van der Waals surface area contributed by atoms with Gasteiger partial charge in [-0.3, -0.25) is 14.9 Å².